The number of aliphatic imine (C=N–C) groups is 1. The van der Waals surface area contributed by atoms with Crippen molar-refractivity contribution in [1.29, 1.82) is 0 Å². The first-order valence-corrected chi connectivity index (χ1v) is 9.91. The Kier molecular flexibility index (Phi) is 6.03. The lowest BCUT2D eigenvalue weighted by Gasteiger charge is -2.54. The molecule has 0 aromatic rings. The summed E-state index contributed by atoms with van der Waals surface area (Å²) in [4.78, 5) is 7.07. The summed E-state index contributed by atoms with van der Waals surface area (Å²) < 4.78 is 11.6. The van der Waals surface area contributed by atoms with Gasteiger partial charge in [-0.05, 0) is 39.5 Å². The molecule has 0 amide bonds. The Labute approximate surface area is 147 Å². The number of rotatable bonds is 6. The molecule has 0 bridgehead atoms. The van der Waals surface area contributed by atoms with E-state index in [2.05, 4.69) is 31.1 Å². The van der Waals surface area contributed by atoms with Gasteiger partial charge in [0.05, 0.1) is 12.7 Å². The highest BCUT2D eigenvalue weighted by atomic mass is 16.5. The molecule has 3 rings (SSSR count). The van der Waals surface area contributed by atoms with E-state index < -0.39 is 0 Å². The molecule has 1 heterocycles. The maximum Gasteiger partial charge on any atom is 0.193 e. The quantitative estimate of drug-likeness (QED) is 0.598. The maximum absolute atomic E-state index is 6.05. The third-order valence-corrected chi connectivity index (χ3v) is 6.22. The van der Waals surface area contributed by atoms with Crippen LogP contribution < -0.4 is 5.32 Å². The largest absolute Gasteiger partial charge is 0.381 e. The van der Waals surface area contributed by atoms with E-state index in [1.54, 1.807) is 0 Å². The van der Waals surface area contributed by atoms with Gasteiger partial charge in [0.15, 0.2) is 5.96 Å². The highest BCUT2D eigenvalue weighted by Crippen LogP contribution is 2.54. The fourth-order valence-corrected chi connectivity index (χ4v) is 4.87. The van der Waals surface area contributed by atoms with Gasteiger partial charge in [-0.3, -0.25) is 4.99 Å². The normalized spacial score (nSPS) is 32.1. The van der Waals surface area contributed by atoms with Crippen molar-refractivity contribution < 1.29 is 9.47 Å². The van der Waals surface area contributed by atoms with Crippen molar-refractivity contribution in [2.75, 3.05) is 40.0 Å². The van der Waals surface area contributed by atoms with Gasteiger partial charge in [-0.1, -0.05) is 12.8 Å². The van der Waals surface area contributed by atoms with Crippen LogP contribution in [0.1, 0.15) is 52.4 Å². The number of guanidine groups is 1. The third kappa shape index (κ3) is 3.57. The molecule has 0 radical (unpaired) electrons. The lowest BCUT2D eigenvalue weighted by atomic mass is 9.60. The molecule has 5 nitrogen and oxygen atoms in total. The maximum atomic E-state index is 6.05. The van der Waals surface area contributed by atoms with Crippen LogP contribution in [0, 0.1) is 11.3 Å². The van der Waals surface area contributed by atoms with Crippen molar-refractivity contribution in [2.45, 2.75) is 64.5 Å². The minimum atomic E-state index is 0.349. The van der Waals surface area contributed by atoms with E-state index in [1.807, 2.05) is 0 Å². The first kappa shape index (κ1) is 18.0. The van der Waals surface area contributed by atoms with Crippen LogP contribution in [0.2, 0.25) is 0 Å². The first-order valence-electron chi connectivity index (χ1n) is 9.91. The Morgan fingerprint density at radius 2 is 2.12 bits per heavy atom. The molecule has 2 aliphatic carbocycles. The van der Waals surface area contributed by atoms with E-state index in [4.69, 9.17) is 14.5 Å². The monoisotopic (exact) mass is 337 g/mol. The lowest BCUT2D eigenvalue weighted by molar-refractivity contribution is -0.126. The van der Waals surface area contributed by atoms with Crippen LogP contribution in [0.4, 0.5) is 0 Å². The molecular formula is C19H35N3O2. The van der Waals surface area contributed by atoms with Crippen LogP contribution in [0.25, 0.3) is 0 Å². The second-order valence-corrected chi connectivity index (χ2v) is 7.72. The molecule has 1 saturated heterocycles. The molecule has 0 aromatic carbocycles. The topological polar surface area (TPSA) is 46.1 Å². The van der Waals surface area contributed by atoms with Crippen molar-refractivity contribution in [3.63, 3.8) is 0 Å². The summed E-state index contributed by atoms with van der Waals surface area (Å²) in [6.07, 6.45) is 8.03. The lowest BCUT2D eigenvalue weighted by Crippen LogP contribution is -2.65. The third-order valence-electron chi connectivity index (χ3n) is 6.22. The molecule has 5 heteroatoms. The molecule has 24 heavy (non-hydrogen) atoms. The standard InChI is InChI=1S/C19H35N3O2/c1-4-20-18(22(3)13-15-8-11-23-14-15)21-16-12-17(24-5-2)19(16)9-6-7-10-19/h15-17H,4-14H2,1-3H3,(H,20,21). The zero-order chi connectivity index (χ0) is 17.0. The first-order chi connectivity index (χ1) is 11.7. The van der Waals surface area contributed by atoms with Gasteiger partial charge in [0, 0.05) is 50.7 Å². The van der Waals surface area contributed by atoms with Gasteiger partial charge < -0.3 is 19.7 Å². The molecule has 3 unspecified atom stereocenters. The summed E-state index contributed by atoms with van der Waals surface area (Å²) in [6.45, 7) is 8.71. The molecule has 3 atom stereocenters. The Balaban J connectivity index is 1.61. The van der Waals surface area contributed by atoms with Gasteiger partial charge in [-0.15, -0.1) is 0 Å². The number of nitrogens with one attached hydrogen (secondary N) is 1. The van der Waals surface area contributed by atoms with Gasteiger partial charge >= 0.3 is 0 Å². The second kappa shape index (κ2) is 8.05. The van der Waals surface area contributed by atoms with E-state index in [1.165, 1.54) is 32.1 Å². The number of hydrogen-bond donors (Lipinski definition) is 1. The van der Waals surface area contributed by atoms with Crippen molar-refractivity contribution in [3.05, 3.63) is 0 Å². The number of ether oxygens (including phenoxy) is 2. The fraction of sp³-hybridized carbons (Fsp3) is 0.947. The zero-order valence-electron chi connectivity index (χ0n) is 15.7. The average Bonchev–Trinajstić information content (AvgIpc) is 3.25. The van der Waals surface area contributed by atoms with Crippen LogP contribution in [-0.2, 0) is 9.47 Å². The van der Waals surface area contributed by atoms with E-state index in [9.17, 15) is 0 Å². The second-order valence-electron chi connectivity index (χ2n) is 7.72. The van der Waals surface area contributed by atoms with E-state index >= 15 is 0 Å². The van der Waals surface area contributed by atoms with Gasteiger partial charge in [0.1, 0.15) is 0 Å². The molecule has 3 fully saturated rings. The minimum absolute atomic E-state index is 0.349. The Morgan fingerprint density at radius 3 is 2.75 bits per heavy atom. The van der Waals surface area contributed by atoms with E-state index in [0.717, 1.165) is 45.3 Å². The molecule has 2 saturated carbocycles. The fourth-order valence-electron chi connectivity index (χ4n) is 4.87. The van der Waals surface area contributed by atoms with Gasteiger partial charge in [0.25, 0.3) is 0 Å². The highest BCUT2D eigenvalue weighted by molar-refractivity contribution is 5.80. The van der Waals surface area contributed by atoms with Gasteiger partial charge in [0.2, 0.25) is 0 Å². The number of nitrogens with zero attached hydrogens (tertiary/aromatic N) is 2. The van der Waals surface area contributed by atoms with Crippen molar-refractivity contribution >= 4 is 5.96 Å². The minimum Gasteiger partial charge on any atom is -0.381 e. The van der Waals surface area contributed by atoms with Crippen molar-refractivity contribution in [3.8, 4) is 0 Å². The van der Waals surface area contributed by atoms with Crippen molar-refractivity contribution in [2.24, 2.45) is 16.3 Å². The van der Waals surface area contributed by atoms with Gasteiger partial charge in [-0.2, -0.15) is 0 Å². The summed E-state index contributed by atoms with van der Waals surface area (Å²) in [7, 11) is 2.17. The summed E-state index contributed by atoms with van der Waals surface area (Å²) >= 11 is 0. The summed E-state index contributed by atoms with van der Waals surface area (Å²) in [5.74, 6) is 1.70. The van der Waals surface area contributed by atoms with Crippen molar-refractivity contribution in [1.82, 2.24) is 10.2 Å². The van der Waals surface area contributed by atoms with Gasteiger partial charge in [-0.25, -0.2) is 0 Å². The molecule has 3 aliphatic rings. The molecule has 1 N–H and O–H groups in total. The summed E-state index contributed by atoms with van der Waals surface area (Å²) in [6, 6.07) is 0.518. The van der Waals surface area contributed by atoms with E-state index in [0.29, 0.717) is 23.5 Å². The molecule has 0 aromatic heterocycles. The Bertz CT molecular complexity index is 428. The summed E-state index contributed by atoms with van der Waals surface area (Å²) in [5, 5.41) is 3.80. The van der Waals surface area contributed by atoms with Crippen LogP contribution in [0.15, 0.2) is 4.99 Å². The Morgan fingerprint density at radius 1 is 1.33 bits per heavy atom. The molecule has 1 spiro atoms. The van der Waals surface area contributed by atoms with Crippen LogP contribution in [-0.4, -0.2) is 63.0 Å². The molecular weight excluding hydrogens is 302 g/mol. The highest BCUT2D eigenvalue weighted by Gasteiger charge is 2.57. The predicted octanol–water partition coefficient (Wildman–Crippen LogP) is 2.66. The van der Waals surface area contributed by atoms with E-state index in [-0.39, 0.29) is 0 Å². The molecule has 138 valence electrons. The van der Waals surface area contributed by atoms with Crippen LogP contribution in [0.3, 0.4) is 0 Å². The predicted molar refractivity (Wildman–Crippen MR) is 97.4 cm³/mol. The van der Waals surface area contributed by atoms with Crippen LogP contribution >= 0.6 is 0 Å². The SMILES string of the molecule is CCN=C(NC1CC(OCC)C12CCCC2)N(C)CC1CCOC1. The number of hydrogen-bond acceptors (Lipinski definition) is 3. The average molecular weight is 338 g/mol. The molecule has 1 aliphatic heterocycles. The summed E-state index contributed by atoms with van der Waals surface area (Å²) in [5.41, 5.74) is 0.349. The Hall–Kier alpha value is -0.810. The zero-order valence-corrected chi connectivity index (χ0v) is 15.7. The van der Waals surface area contributed by atoms with Crippen LogP contribution in [0.5, 0.6) is 0 Å². The smallest absolute Gasteiger partial charge is 0.193 e.